The van der Waals surface area contributed by atoms with Crippen LogP contribution in [0, 0.1) is 19.7 Å². The van der Waals surface area contributed by atoms with E-state index < -0.39 is 5.97 Å². The molecule has 2 aromatic carbocycles. The van der Waals surface area contributed by atoms with Gasteiger partial charge >= 0.3 is 35.5 Å². The number of rotatable bonds is 6. The van der Waals surface area contributed by atoms with Crippen molar-refractivity contribution in [3.63, 3.8) is 0 Å². The third kappa shape index (κ3) is 4.86. The van der Waals surface area contributed by atoms with Gasteiger partial charge in [-0.25, -0.2) is 4.39 Å². The summed E-state index contributed by atoms with van der Waals surface area (Å²) < 4.78 is 14.8. The Morgan fingerprint density at radius 3 is 2.45 bits per heavy atom. The van der Waals surface area contributed by atoms with Crippen molar-refractivity contribution >= 4 is 35.5 Å². The number of carboxylic acid groups (broad SMARTS) is 1. The Balaban J connectivity index is 0.00000272. The molecule has 0 unspecified atom stereocenters. The van der Waals surface area contributed by atoms with E-state index in [2.05, 4.69) is 11.2 Å². The van der Waals surface area contributed by atoms with E-state index in [9.17, 15) is 14.3 Å². The average Bonchev–Trinajstić information content (AvgIpc) is 3.28. The number of fused-ring (bicyclic) bond motifs is 1. The second-order valence-electron chi connectivity index (χ2n) is 8.03. The van der Waals surface area contributed by atoms with Crippen LogP contribution in [0.3, 0.4) is 0 Å². The first kappa shape index (κ1) is 23.5. The van der Waals surface area contributed by atoms with Crippen LogP contribution in [0.5, 0.6) is 5.75 Å². The van der Waals surface area contributed by atoms with Crippen LogP contribution in [0.4, 0.5) is 4.39 Å². The van der Waals surface area contributed by atoms with Crippen LogP contribution in [-0.2, 0) is 37.0 Å². The molecule has 5 nitrogen and oxygen atoms in total. The van der Waals surface area contributed by atoms with Crippen LogP contribution < -0.4 is 0 Å². The number of aromatic nitrogens is 2. The van der Waals surface area contributed by atoms with E-state index in [4.69, 9.17) is 5.11 Å². The second kappa shape index (κ2) is 9.55. The molecule has 1 heterocycles. The van der Waals surface area contributed by atoms with E-state index in [0.717, 1.165) is 58.5 Å². The van der Waals surface area contributed by atoms with Gasteiger partial charge < -0.3 is 10.2 Å². The third-order valence-corrected chi connectivity index (χ3v) is 6.04. The maximum atomic E-state index is 13.3. The summed E-state index contributed by atoms with van der Waals surface area (Å²) in [6, 6.07) is 8.41. The molecule has 0 aliphatic heterocycles. The van der Waals surface area contributed by atoms with Gasteiger partial charge in [0.15, 0.2) is 0 Å². The van der Waals surface area contributed by atoms with E-state index in [0.29, 0.717) is 18.6 Å². The summed E-state index contributed by atoms with van der Waals surface area (Å²) in [5, 5.41) is 24.4. The quantitative estimate of drug-likeness (QED) is 0.585. The van der Waals surface area contributed by atoms with Gasteiger partial charge in [0.2, 0.25) is 0 Å². The topological polar surface area (TPSA) is 75.4 Å². The molecule has 0 saturated carbocycles. The minimum absolute atomic E-state index is 0. The van der Waals surface area contributed by atoms with Gasteiger partial charge in [0.05, 0.1) is 5.69 Å². The molecular formula is C24H26FN2NaO3. The standard InChI is InChI=1S/C24H25FN2O3.Na.H/c1-14-22(15(2)27(26-14)13-23(28)29)12-17-11-18(10-16-6-8-19(25)9-7-16)24(30)21-5-3-4-20(17)21;;/h6-9,11,30H,3-5,10,12-13H2,1-2H3,(H,28,29);;. The second-order valence-corrected chi connectivity index (χ2v) is 8.03. The molecule has 0 atom stereocenters. The van der Waals surface area contributed by atoms with E-state index >= 15 is 0 Å². The van der Waals surface area contributed by atoms with Gasteiger partial charge in [0, 0.05) is 24.1 Å². The van der Waals surface area contributed by atoms with Crippen molar-refractivity contribution in [3.05, 3.63) is 80.9 Å². The number of phenols is 1. The summed E-state index contributed by atoms with van der Waals surface area (Å²) in [6.45, 7) is 3.65. The van der Waals surface area contributed by atoms with Gasteiger partial charge in [0.1, 0.15) is 18.1 Å². The molecule has 1 aliphatic carbocycles. The number of phenolic OH excluding ortho intramolecular Hbond substituents is 1. The predicted molar refractivity (Wildman–Crippen MR) is 119 cm³/mol. The average molecular weight is 432 g/mol. The fourth-order valence-electron chi connectivity index (χ4n) is 4.50. The van der Waals surface area contributed by atoms with Crippen LogP contribution in [0.2, 0.25) is 0 Å². The Morgan fingerprint density at radius 2 is 1.77 bits per heavy atom. The van der Waals surface area contributed by atoms with Crippen molar-refractivity contribution in [3.8, 4) is 5.75 Å². The van der Waals surface area contributed by atoms with E-state index in [-0.39, 0.29) is 41.9 Å². The van der Waals surface area contributed by atoms with Gasteiger partial charge in [0.25, 0.3) is 0 Å². The van der Waals surface area contributed by atoms with Crippen LogP contribution in [-0.4, -0.2) is 55.5 Å². The Bertz CT molecular complexity index is 1120. The van der Waals surface area contributed by atoms with Crippen molar-refractivity contribution in [1.29, 1.82) is 0 Å². The number of aryl methyl sites for hydroxylation is 1. The first-order valence-corrected chi connectivity index (χ1v) is 10.2. The van der Waals surface area contributed by atoms with Gasteiger partial charge in [-0.05, 0) is 73.1 Å². The van der Waals surface area contributed by atoms with E-state index in [1.807, 2.05) is 13.8 Å². The summed E-state index contributed by atoms with van der Waals surface area (Å²) in [5.74, 6) is -0.841. The molecule has 0 radical (unpaired) electrons. The summed E-state index contributed by atoms with van der Waals surface area (Å²) in [7, 11) is 0. The Kier molecular flexibility index (Phi) is 7.24. The zero-order chi connectivity index (χ0) is 21.4. The van der Waals surface area contributed by atoms with E-state index in [1.54, 1.807) is 12.1 Å². The Hall–Kier alpha value is -2.15. The number of aromatic hydroxyl groups is 1. The van der Waals surface area contributed by atoms with Gasteiger partial charge in [-0.2, -0.15) is 5.10 Å². The molecule has 7 heteroatoms. The maximum absolute atomic E-state index is 13.3. The molecule has 31 heavy (non-hydrogen) atoms. The number of hydrogen-bond donors (Lipinski definition) is 2. The summed E-state index contributed by atoms with van der Waals surface area (Å²) in [6.07, 6.45) is 3.96. The van der Waals surface area contributed by atoms with Crippen molar-refractivity contribution < 1.29 is 19.4 Å². The van der Waals surface area contributed by atoms with Gasteiger partial charge in [-0.1, -0.05) is 18.2 Å². The normalized spacial score (nSPS) is 12.5. The molecule has 1 aliphatic rings. The van der Waals surface area contributed by atoms with Crippen molar-refractivity contribution in [2.45, 2.75) is 52.5 Å². The fourth-order valence-corrected chi connectivity index (χ4v) is 4.50. The fraction of sp³-hybridized carbons (Fsp3) is 0.333. The molecule has 0 spiro atoms. The first-order valence-electron chi connectivity index (χ1n) is 10.2. The number of nitrogens with zero attached hydrogens (tertiary/aromatic N) is 2. The third-order valence-electron chi connectivity index (χ3n) is 6.04. The number of halogens is 1. The monoisotopic (exact) mass is 432 g/mol. The van der Waals surface area contributed by atoms with Crippen LogP contribution in [0.25, 0.3) is 0 Å². The molecule has 4 rings (SSSR count). The van der Waals surface area contributed by atoms with E-state index in [1.165, 1.54) is 22.4 Å². The molecule has 0 fully saturated rings. The number of hydrogen-bond acceptors (Lipinski definition) is 3. The molecule has 1 aromatic heterocycles. The molecular weight excluding hydrogens is 406 g/mol. The van der Waals surface area contributed by atoms with Gasteiger partial charge in [-0.3, -0.25) is 9.48 Å². The minimum atomic E-state index is -0.917. The first-order chi connectivity index (χ1) is 14.3. The Labute approximate surface area is 203 Å². The predicted octanol–water partition coefficient (Wildman–Crippen LogP) is 3.45. The SMILES string of the molecule is Cc1nn(CC(=O)O)c(C)c1Cc1cc(Cc2ccc(F)cc2)c(O)c2c1CCC2.[NaH]. The van der Waals surface area contributed by atoms with Crippen LogP contribution in [0.1, 0.15) is 51.2 Å². The summed E-state index contributed by atoms with van der Waals surface area (Å²) >= 11 is 0. The molecule has 0 amide bonds. The Morgan fingerprint density at radius 1 is 1.10 bits per heavy atom. The number of aliphatic carboxylic acids is 1. The number of benzene rings is 2. The zero-order valence-corrected chi connectivity index (χ0v) is 17.2. The summed E-state index contributed by atoms with van der Waals surface area (Å²) in [5.41, 5.74) is 7.85. The molecule has 0 bridgehead atoms. The van der Waals surface area contributed by atoms with Crippen LogP contribution >= 0.6 is 0 Å². The van der Waals surface area contributed by atoms with Crippen molar-refractivity contribution in [1.82, 2.24) is 9.78 Å². The molecule has 3 aromatic rings. The zero-order valence-electron chi connectivity index (χ0n) is 17.2. The van der Waals surface area contributed by atoms with Crippen molar-refractivity contribution in [2.24, 2.45) is 0 Å². The number of carboxylic acids is 1. The van der Waals surface area contributed by atoms with Gasteiger partial charge in [-0.15, -0.1) is 0 Å². The molecule has 158 valence electrons. The summed E-state index contributed by atoms with van der Waals surface area (Å²) in [4.78, 5) is 11.1. The molecule has 0 saturated heterocycles. The van der Waals surface area contributed by atoms with Crippen molar-refractivity contribution in [2.75, 3.05) is 0 Å². The van der Waals surface area contributed by atoms with Crippen LogP contribution in [0.15, 0.2) is 30.3 Å². The number of carbonyl (C=O) groups is 1. The molecule has 2 N–H and O–H groups in total.